The van der Waals surface area contributed by atoms with E-state index in [1.54, 1.807) is 0 Å². The van der Waals surface area contributed by atoms with Crippen molar-refractivity contribution in [3.63, 3.8) is 0 Å². The molecule has 0 saturated heterocycles. The summed E-state index contributed by atoms with van der Waals surface area (Å²) in [6.45, 7) is 5.60. The molecular weight excluding hydrogens is 400 g/mol. The van der Waals surface area contributed by atoms with E-state index in [2.05, 4.69) is 13.8 Å². The molecule has 0 bridgehead atoms. The van der Waals surface area contributed by atoms with Crippen molar-refractivity contribution in [2.75, 3.05) is 13.2 Å². The largest absolute Gasteiger partial charge is 0.466 e. The third-order valence-electron chi connectivity index (χ3n) is 6.03. The van der Waals surface area contributed by atoms with Crippen molar-refractivity contribution in [3.05, 3.63) is 0 Å². The van der Waals surface area contributed by atoms with Crippen LogP contribution in [-0.4, -0.2) is 25.2 Å². The van der Waals surface area contributed by atoms with E-state index >= 15 is 0 Å². The van der Waals surface area contributed by atoms with Gasteiger partial charge >= 0.3 is 11.9 Å². The van der Waals surface area contributed by atoms with E-state index in [4.69, 9.17) is 9.47 Å². The van der Waals surface area contributed by atoms with Crippen LogP contribution < -0.4 is 0 Å². The zero-order valence-corrected chi connectivity index (χ0v) is 21.6. The average Bonchev–Trinajstić information content (AvgIpc) is 2.79. The number of esters is 2. The van der Waals surface area contributed by atoms with Gasteiger partial charge in [0.05, 0.1) is 13.2 Å². The summed E-state index contributed by atoms with van der Waals surface area (Å²) in [5.74, 6) is -0.192. The first-order valence-corrected chi connectivity index (χ1v) is 14.0. The number of hydrogen-bond acceptors (Lipinski definition) is 4. The Hall–Kier alpha value is -1.06. The molecule has 0 amide bonds. The first-order valence-electron chi connectivity index (χ1n) is 14.0. The molecule has 0 aromatic carbocycles. The molecule has 0 aliphatic heterocycles. The van der Waals surface area contributed by atoms with Crippen molar-refractivity contribution in [3.8, 4) is 0 Å². The Morgan fingerprint density at radius 1 is 0.406 bits per heavy atom. The topological polar surface area (TPSA) is 52.6 Å². The minimum atomic E-state index is -0.0964. The van der Waals surface area contributed by atoms with Crippen LogP contribution in [0.4, 0.5) is 0 Å². The van der Waals surface area contributed by atoms with E-state index in [0.717, 1.165) is 44.9 Å². The zero-order valence-electron chi connectivity index (χ0n) is 21.6. The van der Waals surface area contributed by atoms with Gasteiger partial charge in [0.15, 0.2) is 0 Å². The molecule has 0 spiro atoms. The second kappa shape index (κ2) is 26.2. The Labute approximate surface area is 199 Å². The number of carbonyl (C=O) groups excluding carboxylic acids is 2. The van der Waals surface area contributed by atoms with Crippen LogP contribution in [0.2, 0.25) is 0 Å². The molecule has 0 unspecified atom stereocenters. The summed E-state index contributed by atoms with van der Waals surface area (Å²) in [5.41, 5.74) is 0. The van der Waals surface area contributed by atoms with E-state index in [1.807, 2.05) is 0 Å². The lowest BCUT2D eigenvalue weighted by molar-refractivity contribution is -0.144. The number of unbranched alkanes of at least 4 members (excludes halogenated alkanes) is 17. The average molecular weight is 455 g/mol. The molecule has 4 nitrogen and oxygen atoms in total. The lowest BCUT2D eigenvalue weighted by atomic mass is 10.1. The van der Waals surface area contributed by atoms with Crippen molar-refractivity contribution in [1.82, 2.24) is 0 Å². The predicted molar refractivity (Wildman–Crippen MR) is 135 cm³/mol. The first-order chi connectivity index (χ1) is 15.7. The van der Waals surface area contributed by atoms with Gasteiger partial charge in [-0.05, 0) is 25.7 Å². The summed E-state index contributed by atoms with van der Waals surface area (Å²) in [4.78, 5) is 23.5. The Morgan fingerprint density at radius 2 is 0.688 bits per heavy atom. The summed E-state index contributed by atoms with van der Waals surface area (Å²) >= 11 is 0. The van der Waals surface area contributed by atoms with Crippen LogP contribution in [0.15, 0.2) is 0 Å². The quantitative estimate of drug-likeness (QED) is 0.102. The summed E-state index contributed by atoms with van der Waals surface area (Å²) in [6, 6.07) is 0. The summed E-state index contributed by atoms with van der Waals surface area (Å²) in [7, 11) is 0. The molecule has 32 heavy (non-hydrogen) atoms. The molecule has 0 aliphatic rings. The van der Waals surface area contributed by atoms with E-state index in [1.165, 1.54) is 83.5 Å². The van der Waals surface area contributed by atoms with Gasteiger partial charge in [0.2, 0.25) is 0 Å². The van der Waals surface area contributed by atoms with E-state index < -0.39 is 0 Å². The second-order valence-electron chi connectivity index (χ2n) is 9.30. The van der Waals surface area contributed by atoms with Crippen LogP contribution in [-0.2, 0) is 19.1 Å². The van der Waals surface area contributed by atoms with Crippen molar-refractivity contribution < 1.29 is 19.1 Å². The summed E-state index contributed by atoms with van der Waals surface area (Å²) in [6.07, 6.45) is 24.8. The highest BCUT2D eigenvalue weighted by molar-refractivity contribution is 5.69. The van der Waals surface area contributed by atoms with Crippen LogP contribution in [0.25, 0.3) is 0 Å². The maximum absolute atomic E-state index is 11.8. The van der Waals surface area contributed by atoms with Crippen molar-refractivity contribution in [2.45, 2.75) is 155 Å². The third-order valence-corrected chi connectivity index (χ3v) is 6.03. The predicted octanol–water partition coefficient (Wildman–Crippen LogP) is 8.69. The first kappa shape index (κ1) is 30.9. The number of carbonyl (C=O) groups is 2. The molecule has 0 N–H and O–H groups in total. The molecule has 0 aromatic heterocycles. The highest BCUT2D eigenvalue weighted by Gasteiger charge is 2.05. The van der Waals surface area contributed by atoms with E-state index in [-0.39, 0.29) is 11.9 Å². The van der Waals surface area contributed by atoms with Crippen LogP contribution in [0.3, 0.4) is 0 Å². The number of ether oxygens (including phenoxy) is 2. The summed E-state index contributed by atoms with van der Waals surface area (Å²) in [5, 5.41) is 0. The van der Waals surface area contributed by atoms with Gasteiger partial charge in [0.25, 0.3) is 0 Å². The molecule has 190 valence electrons. The van der Waals surface area contributed by atoms with E-state index in [0.29, 0.717) is 26.1 Å². The maximum atomic E-state index is 11.8. The highest BCUT2D eigenvalue weighted by atomic mass is 16.5. The van der Waals surface area contributed by atoms with Crippen molar-refractivity contribution in [2.24, 2.45) is 0 Å². The van der Waals surface area contributed by atoms with Crippen LogP contribution in [0, 0.1) is 0 Å². The van der Waals surface area contributed by atoms with Gasteiger partial charge in [0.1, 0.15) is 0 Å². The van der Waals surface area contributed by atoms with Gasteiger partial charge in [-0.3, -0.25) is 9.59 Å². The standard InChI is InChI=1S/C28H54O4/c1-3-5-7-9-11-13-15-17-22-26-32-28(30)24-20-18-19-23-27(29)31-25-21-16-14-12-10-8-6-4-2/h3-26H2,1-2H3. The molecule has 0 aliphatic carbocycles. The van der Waals surface area contributed by atoms with Gasteiger partial charge in [-0.1, -0.05) is 117 Å². The molecular formula is C28H54O4. The Balaban J connectivity index is 3.28. The van der Waals surface area contributed by atoms with Gasteiger partial charge in [-0.25, -0.2) is 0 Å². The Morgan fingerprint density at radius 3 is 1.03 bits per heavy atom. The normalized spacial score (nSPS) is 10.9. The molecule has 0 rings (SSSR count). The monoisotopic (exact) mass is 454 g/mol. The van der Waals surface area contributed by atoms with Gasteiger partial charge in [0, 0.05) is 12.8 Å². The lowest BCUT2D eigenvalue weighted by Gasteiger charge is -2.06. The number of rotatable bonds is 25. The molecule has 4 heteroatoms. The Kier molecular flexibility index (Phi) is 25.3. The van der Waals surface area contributed by atoms with Gasteiger partial charge in [-0.15, -0.1) is 0 Å². The molecule has 0 atom stereocenters. The van der Waals surface area contributed by atoms with E-state index in [9.17, 15) is 9.59 Å². The van der Waals surface area contributed by atoms with Gasteiger partial charge in [-0.2, -0.15) is 0 Å². The van der Waals surface area contributed by atoms with Gasteiger partial charge < -0.3 is 9.47 Å². The minimum Gasteiger partial charge on any atom is -0.466 e. The second-order valence-corrected chi connectivity index (χ2v) is 9.30. The summed E-state index contributed by atoms with van der Waals surface area (Å²) < 4.78 is 10.6. The molecule has 0 radical (unpaired) electrons. The third kappa shape index (κ3) is 25.2. The minimum absolute atomic E-state index is 0.0955. The fourth-order valence-corrected chi connectivity index (χ4v) is 3.88. The van der Waals surface area contributed by atoms with Crippen molar-refractivity contribution in [1.29, 1.82) is 0 Å². The smallest absolute Gasteiger partial charge is 0.305 e. The lowest BCUT2D eigenvalue weighted by Crippen LogP contribution is -2.07. The fraction of sp³-hybridized carbons (Fsp3) is 0.929. The molecule has 0 saturated carbocycles. The van der Waals surface area contributed by atoms with Crippen LogP contribution in [0.5, 0.6) is 0 Å². The molecule has 0 fully saturated rings. The van der Waals surface area contributed by atoms with Crippen LogP contribution >= 0.6 is 0 Å². The zero-order chi connectivity index (χ0) is 23.5. The Bertz CT molecular complexity index is 408. The number of hydrogen-bond donors (Lipinski definition) is 0. The fourth-order valence-electron chi connectivity index (χ4n) is 3.88. The highest BCUT2D eigenvalue weighted by Crippen LogP contribution is 2.11. The van der Waals surface area contributed by atoms with Crippen molar-refractivity contribution >= 4 is 11.9 Å². The molecule has 0 heterocycles. The molecule has 0 aromatic rings. The van der Waals surface area contributed by atoms with Crippen LogP contribution in [0.1, 0.15) is 155 Å². The SMILES string of the molecule is CCCCCCCCCCCOC(=O)CCCCCC(=O)OCCCCCCCCCC. The maximum Gasteiger partial charge on any atom is 0.305 e.